The van der Waals surface area contributed by atoms with Gasteiger partial charge in [-0.25, -0.2) is 0 Å². The van der Waals surface area contributed by atoms with Gasteiger partial charge in [0.1, 0.15) is 0 Å². The van der Waals surface area contributed by atoms with Crippen LogP contribution in [-0.2, 0) is 6.54 Å². The van der Waals surface area contributed by atoms with E-state index in [0.29, 0.717) is 6.04 Å². The third kappa shape index (κ3) is 2.65. The molecule has 0 saturated heterocycles. The fraction of sp³-hybridized carbons (Fsp3) is 0.824. The molecule has 4 unspecified atom stereocenters. The van der Waals surface area contributed by atoms with Gasteiger partial charge < -0.3 is 5.32 Å². The number of aromatic nitrogens is 2. The summed E-state index contributed by atoms with van der Waals surface area (Å²) in [4.78, 5) is 0. The fourth-order valence-corrected chi connectivity index (χ4v) is 4.62. The molecular formula is C17H29N3. The molecule has 112 valence electrons. The van der Waals surface area contributed by atoms with Crippen molar-refractivity contribution < 1.29 is 0 Å². The average Bonchev–Trinajstić information content (AvgIpc) is 3.12. The Morgan fingerprint density at radius 3 is 2.80 bits per heavy atom. The van der Waals surface area contributed by atoms with Gasteiger partial charge in [0.2, 0.25) is 0 Å². The summed E-state index contributed by atoms with van der Waals surface area (Å²) in [5.74, 6) is 3.00. The lowest BCUT2D eigenvalue weighted by molar-refractivity contribution is 0.275. The second-order valence-electron chi connectivity index (χ2n) is 6.81. The molecular weight excluding hydrogens is 246 g/mol. The molecule has 0 amide bonds. The predicted molar refractivity (Wildman–Crippen MR) is 82.6 cm³/mol. The highest BCUT2D eigenvalue weighted by atomic mass is 15.3. The maximum Gasteiger partial charge on any atom is 0.0597 e. The molecule has 3 rings (SSSR count). The summed E-state index contributed by atoms with van der Waals surface area (Å²) in [6, 6.07) is 2.77. The van der Waals surface area contributed by atoms with E-state index in [1.54, 1.807) is 0 Å². The quantitative estimate of drug-likeness (QED) is 0.858. The number of hydrogen-bond acceptors (Lipinski definition) is 2. The Kier molecular flexibility index (Phi) is 4.16. The van der Waals surface area contributed by atoms with Gasteiger partial charge in [0, 0.05) is 12.6 Å². The van der Waals surface area contributed by atoms with Crippen LogP contribution < -0.4 is 5.32 Å². The van der Waals surface area contributed by atoms with Gasteiger partial charge in [-0.15, -0.1) is 0 Å². The van der Waals surface area contributed by atoms with Gasteiger partial charge in [-0.05, 0) is 69.9 Å². The number of rotatable bonds is 6. The van der Waals surface area contributed by atoms with Crippen molar-refractivity contribution in [3.63, 3.8) is 0 Å². The first-order valence-electron chi connectivity index (χ1n) is 8.49. The van der Waals surface area contributed by atoms with E-state index in [4.69, 9.17) is 0 Å². The molecule has 2 saturated carbocycles. The van der Waals surface area contributed by atoms with Crippen molar-refractivity contribution >= 4 is 0 Å². The lowest BCUT2D eigenvalue weighted by Gasteiger charge is -2.27. The fourth-order valence-electron chi connectivity index (χ4n) is 4.62. The van der Waals surface area contributed by atoms with Gasteiger partial charge in [-0.1, -0.05) is 13.3 Å². The molecule has 20 heavy (non-hydrogen) atoms. The topological polar surface area (TPSA) is 29.9 Å². The molecule has 0 spiro atoms. The van der Waals surface area contributed by atoms with Crippen molar-refractivity contribution in [2.24, 2.45) is 17.8 Å². The van der Waals surface area contributed by atoms with Gasteiger partial charge >= 0.3 is 0 Å². The van der Waals surface area contributed by atoms with Crippen LogP contribution in [0.25, 0.3) is 0 Å². The van der Waals surface area contributed by atoms with Crippen LogP contribution in [0.15, 0.2) is 6.07 Å². The second kappa shape index (κ2) is 5.88. The van der Waals surface area contributed by atoms with Crippen LogP contribution in [0.4, 0.5) is 0 Å². The zero-order valence-corrected chi connectivity index (χ0v) is 13.2. The van der Waals surface area contributed by atoms with Crippen molar-refractivity contribution in [2.75, 3.05) is 6.54 Å². The summed E-state index contributed by atoms with van der Waals surface area (Å²) in [6.45, 7) is 8.53. The molecule has 3 heteroatoms. The van der Waals surface area contributed by atoms with Crippen LogP contribution in [0.2, 0.25) is 0 Å². The van der Waals surface area contributed by atoms with Gasteiger partial charge in [0.05, 0.1) is 11.4 Å². The monoisotopic (exact) mass is 275 g/mol. The summed E-state index contributed by atoms with van der Waals surface area (Å²) in [6.07, 6.45) is 7.28. The van der Waals surface area contributed by atoms with Crippen molar-refractivity contribution in [1.29, 1.82) is 0 Å². The molecule has 1 aromatic heterocycles. The highest BCUT2D eigenvalue weighted by Gasteiger charge is 2.40. The first-order chi connectivity index (χ1) is 9.71. The third-order valence-electron chi connectivity index (χ3n) is 5.46. The number of aryl methyl sites for hydroxylation is 2. The molecule has 3 nitrogen and oxygen atoms in total. The van der Waals surface area contributed by atoms with Crippen molar-refractivity contribution in [3.05, 3.63) is 17.5 Å². The lowest BCUT2D eigenvalue weighted by atomic mass is 9.83. The van der Waals surface area contributed by atoms with Gasteiger partial charge in [0.25, 0.3) is 0 Å². The van der Waals surface area contributed by atoms with Crippen LogP contribution in [-0.4, -0.2) is 16.3 Å². The Labute approximate surface area is 123 Å². The SMILES string of the molecule is CCNC(CC1CC2CCC1C2)c1cc(C)nn1CC. The molecule has 2 aliphatic carbocycles. The van der Waals surface area contributed by atoms with Gasteiger partial charge in [-0.3, -0.25) is 4.68 Å². The average molecular weight is 275 g/mol. The molecule has 0 aliphatic heterocycles. The molecule has 1 heterocycles. The van der Waals surface area contributed by atoms with E-state index in [1.165, 1.54) is 37.8 Å². The van der Waals surface area contributed by atoms with E-state index >= 15 is 0 Å². The molecule has 1 aromatic rings. The summed E-state index contributed by atoms with van der Waals surface area (Å²) in [5.41, 5.74) is 2.55. The van der Waals surface area contributed by atoms with Crippen LogP contribution in [0.1, 0.15) is 63.4 Å². The Balaban J connectivity index is 1.74. The standard InChI is InChI=1S/C17H29N3/c1-4-18-16(17-8-12(3)19-20(17)5-2)11-15-10-13-6-7-14(15)9-13/h8,13-16,18H,4-7,9-11H2,1-3H3. The largest absolute Gasteiger partial charge is 0.309 e. The summed E-state index contributed by atoms with van der Waals surface area (Å²) in [5, 5.41) is 8.34. The van der Waals surface area contributed by atoms with Gasteiger partial charge in [0.15, 0.2) is 0 Å². The molecule has 1 N–H and O–H groups in total. The first-order valence-corrected chi connectivity index (χ1v) is 8.49. The zero-order chi connectivity index (χ0) is 14.1. The summed E-state index contributed by atoms with van der Waals surface area (Å²) >= 11 is 0. The molecule has 0 aromatic carbocycles. The Morgan fingerprint density at radius 1 is 1.35 bits per heavy atom. The van der Waals surface area contributed by atoms with Crippen LogP contribution in [0.5, 0.6) is 0 Å². The van der Waals surface area contributed by atoms with Crippen molar-refractivity contribution in [3.8, 4) is 0 Å². The normalized spacial score (nSPS) is 30.1. The van der Waals surface area contributed by atoms with Gasteiger partial charge in [-0.2, -0.15) is 5.10 Å². The Hall–Kier alpha value is -0.830. The number of fused-ring (bicyclic) bond motifs is 2. The minimum absolute atomic E-state index is 0.491. The summed E-state index contributed by atoms with van der Waals surface area (Å²) < 4.78 is 2.19. The maximum atomic E-state index is 4.63. The first kappa shape index (κ1) is 14.1. The molecule has 2 fully saturated rings. The Morgan fingerprint density at radius 2 is 2.20 bits per heavy atom. The van der Waals surface area contributed by atoms with E-state index in [9.17, 15) is 0 Å². The predicted octanol–water partition coefficient (Wildman–Crippen LogP) is 3.69. The maximum absolute atomic E-state index is 4.63. The smallest absolute Gasteiger partial charge is 0.0597 e. The van der Waals surface area contributed by atoms with Crippen molar-refractivity contribution in [2.45, 2.75) is 65.5 Å². The number of nitrogens with zero attached hydrogens (tertiary/aromatic N) is 2. The van der Waals surface area contributed by atoms with Crippen LogP contribution in [0.3, 0.4) is 0 Å². The number of hydrogen-bond donors (Lipinski definition) is 1. The van der Waals surface area contributed by atoms with E-state index in [1.807, 2.05) is 0 Å². The lowest BCUT2D eigenvalue weighted by Crippen LogP contribution is -2.27. The van der Waals surface area contributed by atoms with E-state index < -0.39 is 0 Å². The third-order valence-corrected chi connectivity index (χ3v) is 5.46. The summed E-state index contributed by atoms with van der Waals surface area (Å²) in [7, 11) is 0. The minimum atomic E-state index is 0.491. The van der Waals surface area contributed by atoms with Crippen LogP contribution >= 0.6 is 0 Å². The molecule has 2 aliphatic rings. The zero-order valence-electron chi connectivity index (χ0n) is 13.2. The minimum Gasteiger partial charge on any atom is -0.309 e. The molecule has 0 radical (unpaired) electrons. The Bertz CT molecular complexity index is 451. The van der Waals surface area contributed by atoms with E-state index in [2.05, 4.69) is 41.9 Å². The van der Waals surface area contributed by atoms with Crippen molar-refractivity contribution in [1.82, 2.24) is 15.1 Å². The molecule has 4 atom stereocenters. The van der Waals surface area contributed by atoms with E-state index in [0.717, 1.165) is 36.5 Å². The van der Waals surface area contributed by atoms with E-state index in [-0.39, 0.29) is 0 Å². The number of nitrogens with one attached hydrogen (secondary N) is 1. The second-order valence-corrected chi connectivity index (χ2v) is 6.81. The highest BCUT2D eigenvalue weighted by Crippen LogP contribution is 2.50. The molecule has 2 bridgehead atoms. The van der Waals surface area contributed by atoms with Crippen LogP contribution in [0, 0.1) is 24.7 Å². The highest BCUT2D eigenvalue weighted by molar-refractivity contribution is 5.14.